The number of nitrogens with zero attached hydrogens (tertiary/aromatic N) is 3. The van der Waals surface area contributed by atoms with E-state index in [0.717, 1.165) is 34.1 Å². The van der Waals surface area contributed by atoms with Crippen molar-refractivity contribution in [3.05, 3.63) is 95.8 Å². The van der Waals surface area contributed by atoms with Crippen molar-refractivity contribution in [3.63, 3.8) is 0 Å². The van der Waals surface area contributed by atoms with Gasteiger partial charge in [0.2, 0.25) is 0 Å². The summed E-state index contributed by atoms with van der Waals surface area (Å²) in [6.07, 6.45) is 0. The number of hydrogen-bond donors (Lipinski definition) is 2. The molecule has 1 aliphatic rings. The van der Waals surface area contributed by atoms with Crippen LogP contribution in [0.5, 0.6) is 11.5 Å². The van der Waals surface area contributed by atoms with E-state index >= 15 is 0 Å². The van der Waals surface area contributed by atoms with Gasteiger partial charge in [-0.2, -0.15) is 5.10 Å². The number of nitrogens with one attached hydrogen (secondary N) is 1. The van der Waals surface area contributed by atoms with Crippen LogP contribution in [0.25, 0.3) is 16.1 Å². The van der Waals surface area contributed by atoms with Crippen LogP contribution in [0, 0.1) is 6.57 Å². The molecule has 1 unspecified atom stereocenters. The third-order valence-electron chi connectivity index (χ3n) is 5.49. The van der Waals surface area contributed by atoms with Crippen molar-refractivity contribution < 1.29 is 4.74 Å². The van der Waals surface area contributed by atoms with Crippen LogP contribution in [-0.4, -0.2) is 16.3 Å². The summed E-state index contributed by atoms with van der Waals surface area (Å²) in [6.45, 7) is 9.11. The summed E-state index contributed by atoms with van der Waals surface area (Å²) in [4.78, 5) is 3.77. The van der Waals surface area contributed by atoms with E-state index in [4.69, 9.17) is 22.1 Å². The maximum atomic E-state index is 7.72. The van der Waals surface area contributed by atoms with E-state index < -0.39 is 0 Å². The molecule has 0 bridgehead atoms. The van der Waals surface area contributed by atoms with E-state index in [1.165, 1.54) is 0 Å². The monoisotopic (exact) mass is 407 g/mol. The molecular weight excluding hydrogens is 386 g/mol. The minimum atomic E-state index is 0.196. The second-order valence-corrected chi connectivity index (χ2v) is 7.49. The van der Waals surface area contributed by atoms with Gasteiger partial charge in [0.1, 0.15) is 23.0 Å². The van der Waals surface area contributed by atoms with Crippen LogP contribution in [0.15, 0.2) is 78.9 Å². The fourth-order valence-corrected chi connectivity index (χ4v) is 3.95. The summed E-state index contributed by atoms with van der Waals surface area (Å²) in [7, 11) is 0. The zero-order valence-electron chi connectivity index (χ0n) is 16.8. The molecule has 2 heterocycles. The summed E-state index contributed by atoms with van der Waals surface area (Å²) in [5.41, 5.74) is 10.1. The van der Waals surface area contributed by atoms with Crippen LogP contribution >= 0.6 is 0 Å². The van der Waals surface area contributed by atoms with Crippen molar-refractivity contribution >= 4 is 17.2 Å². The van der Waals surface area contributed by atoms with Crippen molar-refractivity contribution in [1.82, 2.24) is 9.78 Å². The normalized spacial score (nSPS) is 14.9. The molecule has 4 aromatic rings. The van der Waals surface area contributed by atoms with Crippen molar-refractivity contribution in [1.29, 1.82) is 0 Å². The number of nitrogens with two attached hydrogens (primary N) is 1. The molecule has 1 aromatic heterocycles. The van der Waals surface area contributed by atoms with E-state index in [1.54, 1.807) is 0 Å². The van der Waals surface area contributed by atoms with E-state index in [0.29, 0.717) is 24.5 Å². The van der Waals surface area contributed by atoms with Gasteiger partial charge < -0.3 is 15.8 Å². The van der Waals surface area contributed by atoms with Crippen molar-refractivity contribution in [3.8, 4) is 22.8 Å². The summed E-state index contributed by atoms with van der Waals surface area (Å²) >= 11 is 0. The Morgan fingerprint density at radius 1 is 0.968 bits per heavy atom. The zero-order valence-corrected chi connectivity index (χ0v) is 16.8. The Kier molecular flexibility index (Phi) is 4.77. The van der Waals surface area contributed by atoms with Gasteiger partial charge in [0.25, 0.3) is 5.69 Å². The first-order valence-electron chi connectivity index (χ1n) is 10.1. The highest BCUT2D eigenvalue weighted by Crippen LogP contribution is 2.41. The lowest BCUT2D eigenvalue weighted by atomic mass is 9.96. The Bertz CT molecular complexity index is 1260. The Balaban J connectivity index is 1.42. The number of rotatable bonds is 4. The van der Waals surface area contributed by atoms with Gasteiger partial charge in [-0.3, -0.25) is 4.68 Å². The van der Waals surface area contributed by atoms with Crippen LogP contribution in [0.2, 0.25) is 0 Å². The summed E-state index contributed by atoms with van der Waals surface area (Å²) in [5.74, 6) is 2.48. The topological polar surface area (TPSA) is 69.5 Å². The number of aromatic nitrogens is 2. The molecule has 152 valence electrons. The summed E-state index contributed by atoms with van der Waals surface area (Å²) in [6, 6.07) is 25.2. The fourth-order valence-electron chi connectivity index (χ4n) is 3.95. The van der Waals surface area contributed by atoms with Gasteiger partial charge in [-0.1, -0.05) is 48.5 Å². The second-order valence-electron chi connectivity index (χ2n) is 7.49. The van der Waals surface area contributed by atoms with Gasteiger partial charge in [-0.25, -0.2) is 4.85 Å². The highest BCUT2D eigenvalue weighted by atomic mass is 16.5. The first-order valence-corrected chi connectivity index (χ1v) is 10.1. The lowest BCUT2D eigenvalue weighted by Crippen LogP contribution is -2.26. The minimum Gasteiger partial charge on any atom is -0.457 e. The molecule has 6 nitrogen and oxygen atoms in total. The van der Waals surface area contributed by atoms with E-state index in [-0.39, 0.29) is 5.92 Å². The van der Waals surface area contributed by atoms with Gasteiger partial charge in [0.05, 0.1) is 13.1 Å². The Morgan fingerprint density at radius 3 is 2.42 bits per heavy atom. The number of nitrogen functional groups attached to an aromatic ring is 1. The summed E-state index contributed by atoms with van der Waals surface area (Å²) in [5, 5.41) is 8.17. The third kappa shape index (κ3) is 3.58. The first-order chi connectivity index (χ1) is 15.2. The Hall–Kier alpha value is -4.24. The Labute approximate surface area is 180 Å². The molecule has 3 N–H and O–H groups in total. The molecule has 0 aliphatic carbocycles. The molecule has 0 amide bonds. The number of para-hydroxylation sites is 2. The van der Waals surface area contributed by atoms with Gasteiger partial charge in [-0.15, -0.1) is 0 Å². The largest absolute Gasteiger partial charge is 0.457 e. The number of fused-ring (bicyclic) bond motifs is 1. The standard InChI is InChI=1S/C25H21N5O/c1-27-24-23(17-11-13-20(14-12-17)31-19-7-3-2-4-8-19)29-30-16-18(15-28-25(24)30)21-9-5-6-10-22(21)26/h2-14,18,28H,15-16,26H2. The van der Waals surface area contributed by atoms with Crippen LogP contribution in [0.3, 0.4) is 0 Å². The molecular formula is C25H21N5O. The third-order valence-corrected chi connectivity index (χ3v) is 5.49. The number of benzene rings is 3. The van der Waals surface area contributed by atoms with Crippen LogP contribution in [0.1, 0.15) is 11.5 Å². The van der Waals surface area contributed by atoms with Crippen LogP contribution < -0.4 is 15.8 Å². The number of ether oxygens (including phenoxy) is 1. The maximum Gasteiger partial charge on any atom is 0.255 e. The molecule has 1 aliphatic heterocycles. The average molecular weight is 407 g/mol. The lowest BCUT2D eigenvalue weighted by molar-refractivity contribution is 0.483. The number of anilines is 2. The van der Waals surface area contributed by atoms with Crippen molar-refractivity contribution in [2.45, 2.75) is 12.5 Å². The minimum absolute atomic E-state index is 0.196. The molecule has 0 spiro atoms. The predicted octanol–water partition coefficient (Wildman–Crippen LogP) is 5.68. The highest BCUT2D eigenvalue weighted by molar-refractivity contribution is 5.84. The molecule has 0 fully saturated rings. The SMILES string of the molecule is [C-]#[N+]c1c(-c2ccc(Oc3ccccc3)cc2)nn2c1NCC(c1ccccc1N)C2. The Morgan fingerprint density at radius 2 is 1.68 bits per heavy atom. The van der Waals surface area contributed by atoms with Crippen molar-refractivity contribution in [2.24, 2.45) is 0 Å². The van der Waals surface area contributed by atoms with E-state index in [2.05, 4.69) is 16.2 Å². The van der Waals surface area contributed by atoms with Crippen molar-refractivity contribution in [2.75, 3.05) is 17.6 Å². The molecule has 3 aromatic carbocycles. The zero-order chi connectivity index (χ0) is 21.2. The first kappa shape index (κ1) is 18.8. The maximum absolute atomic E-state index is 7.72. The molecule has 31 heavy (non-hydrogen) atoms. The quantitative estimate of drug-likeness (QED) is 0.337. The van der Waals surface area contributed by atoms with Crippen LogP contribution in [-0.2, 0) is 6.54 Å². The number of hydrogen-bond acceptors (Lipinski definition) is 4. The smallest absolute Gasteiger partial charge is 0.255 e. The lowest BCUT2D eigenvalue weighted by Gasteiger charge is -2.26. The van der Waals surface area contributed by atoms with Gasteiger partial charge in [-0.05, 0) is 41.5 Å². The molecule has 5 rings (SSSR count). The van der Waals surface area contributed by atoms with Gasteiger partial charge in [0, 0.05) is 18.2 Å². The van der Waals surface area contributed by atoms with E-state index in [1.807, 2.05) is 77.5 Å². The second kappa shape index (κ2) is 7.88. The molecule has 0 saturated carbocycles. The highest BCUT2D eigenvalue weighted by Gasteiger charge is 2.27. The predicted molar refractivity (Wildman–Crippen MR) is 123 cm³/mol. The molecule has 0 radical (unpaired) electrons. The van der Waals surface area contributed by atoms with Crippen LogP contribution in [0.4, 0.5) is 17.2 Å². The molecule has 1 atom stereocenters. The average Bonchev–Trinajstić information content (AvgIpc) is 3.18. The summed E-state index contributed by atoms with van der Waals surface area (Å²) < 4.78 is 7.76. The van der Waals surface area contributed by atoms with E-state index in [9.17, 15) is 0 Å². The fraction of sp³-hybridized carbons (Fsp3) is 0.120. The molecule has 6 heteroatoms. The molecule has 0 saturated heterocycles. The van der Waals surface area contributed by atoms with Gasteiger partial charge in [0.15, 0.2) is 0 Å². The van der Waals surface area contributed by atoms with Gasteiger partial charge >= 0.3 is 0 Å².